The number of benzene rings is 8. The molecule has 1 spiro atoms. The predicted molar refractivity (Wildman–Crippen MR) is 212 cm³/mol. The standard InChI is InChI=1S/C49H30N2O/c1-7-21-37-31(15-1)32-16-2-8-22-38(32)49(37)39-23-13-29-45(50-41-25-9-3-17-33(41)34-18-4-10-26-42(34)50)47(39)52-48-40(49)24-14-30-46(48)51-43-27-11-5-19-35(43)36-20-6-12-28-44(36)51/h1-30H. The van der Waals surface area contributed by atoms with Crippen LogP contribution in [-0.4, -0.2) is 9.13 Å². The summed E-state index contributed by atoms with van der Waals surface area (Å²) in [6.45, 7) is 0. The van der Waals surface area contributed by atoms with Crippen molar-refractivity contribution in [1.29, 1.82) is 0 Å². The topological polar surface area (TPSA) is 19.1 Å². The molecule has 3 heterocycles. The van der Waals surface area contributed by atoms with E-state index in [0.29, 0.717) is 0 Å². The molecule has 1 aliphatic heterocycles. The molecule has 0 atom stereocenters. The third kappa shape index (κ3) is 3.36. The zero-order valence-corrected chi connectivity index (χ0v) is 28.1. The van der Waals surface area contributed by atoms with Gasteiger partial charge >= 0.3 is 0 Å². The van der Waals surface area contributed by atoms with Gasteiger partial charge in [-0.15, -0.1) is 0 Å². The van der Waals surface area contributed by atoms with Gasteiger partial charge in [-0.05, 0) is 58.7 Å². The third-order valence-corrected chi connectivity index (χ3v) is 11.6. The van der Waals surface area contributed by atoms with Crippen LogP contribution in [0.5, 0.6) is 11.5 Å². The smallest absolute Gasteiger partial charge is 0.156 e. The molecule has 10 aromatic rings. The van der Waals surface area contributed by atoms with E-state index in [0.717, 1.165) is 56.1 Å². The summed E-state index contributed by atoms with van der Waals surface area (Å²) in [4.78, 5) is 0. The highest BCUT2D eigenvalue weighted by atomic mass is 16.5. The second-order valence-electron chi connectivity index (χ2n) is 14.0. The van der Waals surface area contributed by atoms with E-state index >= 15 is 0 Å². The van der Waals surface area contributed by atoms with E-state index in [1.165, 1.54) is 43.8 Å². The molecule has 52 heavy (non-hydrogen) atoms. The van der Waals surface area contributed by atoms with Crippen LogP contribution in [0.4, 0.5) is 0 Å². The average Bonchev–Trinajstić information content (AvgIpc) is 3.83. The second kappa shape index (κ2) is 10.1. The summed E-state index contributed by atoms with van der Waals surface area (Å²) in [6.07, 6.45) is 0. The van der Waals surface area contributed by atoms with E-state index in [-0.39, 0.29) is 0 Å². The first-order valence-corrected chi connectivity index (χ1v) is 18.0. The lowest BCUT2D eigenvalue weighted by Gasteiger charge is -2.40. The number of hydrogen-bond acceptors (Lipinski definition) is 1. The quantitative estimate of drug-likeness (QED) is 0.180. The summed E-state index contributed by atoms with van der Waals surface area (Å²) in [6, 6.07) is 66.3. The fourth-order valence-electron chi connectivity index (χ4n) is 9.63. The molecule has 242 valence electrons. The minimum absolute atomic E-state index is 0.611. The Morgan fingerprint density at radius 1 is 0.308 bits per heavy atom. The summed E-state index contributed by atoms with van der Waals surface area (Å²) in [5.74, 6) is 1.75. The molecule has 0 saturated carbocycles. The van der Waals surface area contributed by atoms with Gasteiger partial charge in [0, 0.05) is 32.7 Å². The predicted octanol–water partition coefficient (Wildman–Crippen LogP) is 12.3. The molecule has 12 rings (SSSR count). The number of nitrogens with zero attached hydrogens (tertiary/aromatic N) is 2. The Bertz CT molecular complexity index is 2810. The van der Waals surface area contributed by atoms with E-state index in [9.17, 15) is 0 Å². The van der Waals surface area contributed by atoms with Gasteiger partial charge in [0.05, 0.1) is 38.9 Å². The maximum Gasteiger partial charge on any atom is 0.156 e. The first-order valence-electron chi connectivity index (χ1n) is 18.0. The van der Waals surface area contributed by atoms with Crippen LogP contribution in [0.2, 0.25) is 0 Å². The van der Waals surface area contributed by atoms with Crippen LogP contribution >= 0.6 is 0 Å². The maximum absolute atomic E-state index is 7.56. The monoisotopic (exact) mass is 662 g/mol. The average molecular weight is 663 g/mol. The molecule has 0 bridgehead atoms. The van der Waals surface area contributed by atoms with E-state index < -0.39 is 5.41 Å². The van der Waals surface area contributed by atoms with Crippen LogP contribution in [0.15, 0.2) is 182 Å². The van der Waals surface area contributed by atoms with Gasteiger partial charge in [0.1, 0.15) is 0 Å². The fraction of sp³-hybridized carbons (Fsp3) is 0.0204. The van der Waals surface area contributed by atoms with E-state index in [2.05, 4.69) is 191 Å². The molecule has 2 aromatic heterocycles. The van der Waals surface area contributed by atoms with E-state index in [4.69, 9.17) is 4.74 Å². The zero-order chi connectivity index (χ0) is 34.0. The van der Waals surface area contributed by atoms with Gasteiger partial charge in [-0.25, -0.2) is 0 Å². The molecule has 0 radical (unpaired) electrons. The van der Waals surface area contributed by atoms with Crippen molar-refractivity contribution in [3.8, 4) is 34.0 Å². The molecule has 0 fully saturated rings. The van der Waals surface area contributed by atoms with Crippen LogP contribution < -0.4 is 4.74 Å². The third-order valence-electron chi connectivity index (χ3n) is 11.6. The SMILES string of the molecule is c1ccc2c(c1)-c1ccccc1C21c2cccc(-n3c4ccccc4c4ccccc43)c2Oc2c(-n3c4ccccc4c4ccccc43)cccc21. The molecule has 3 nitrogen and oxygen atoms in total. The van der Waals surface area contributed by atoms with Crippen LogP contribution in [-0.2, 0) is 5.41 Å². The molecule has 2 aliphatic rings. The van der Waals surface area contributed by atoms with Crippen LogP contribution in [0.3, 0.4) is 0 Å². The van der Waals surface area contributed by atoms with Crippen molar-refractivity contribution in [3.63, 3.8) is 0 Å². The van der Waals surface area contributed by atoms with Crippen molar-refractivity contribution < 1.29 is 4.74 Å². The molecule has 1 aliphatic carbocycles. The van der Waals surface area contributed by atoms with Crippen molar-refractivity contribution >= 4 is 43.6 Å². The number of fused-ring (bicyclic) bond motifs is 15. The number of hydrogen-bond donors (Lipinski definition) is 0. The van der Waals surface area contributed by atoms with Crippen molar-refractivity contribution in [3.05, 3.63) is 204 Å². The summed E-state index contributed by atoms with van der Waals surface area (Å²) in [5.41, 5.74) is 13.5. The first-order chi connectivity index (χ1) is 25.8. The zero-order valence-electron chi connectivity index (χ0n) is 28.1. The highest BCUT2D eigenvalue weighted by Gasteiger charge is 2.52. The molecule has 8 aromatic carbocycles. The molecule has 3 heteroatoms. The minimum Gasteiger partial charge on any atom is -0.452 e. The van der Waals surface area contributed by atoms with Crippen molar-refractivity contribution in [2.24, 2.45) is 0 Å². The second-order valence-corrected chi connectivity index (χ2v) is 14.0. The molecule has 0 amide bonds. The van der Waals surface area contributed by atoms with Gasteiger partial charge in [-0.2, -0.15) is 0 Å². The Balaban J connectivity index is 1.26. The summed E-state index contributed by atoms with van der Waals surface area (Å²) >= 11 is 0. The van der Waals surface area contributed by atoms with Crippen molar-refractivity contribution in [2.45, 2.75) is 5.41 Å². The lowest BCUT2D eigenvalue weighted by Crippen LogP contribution is -2.33. The number of rotatable bonds is 2. The lowest BCUT2D eigenvalue weighted by atomic mass is 9.66. The van der Waals surface area contributed by atoms with Gasteiger partial charge in [0.25, 0.3) is 0 Å². The van der Waals surface area contributed by atoms with Crippen molar-refractivity contribution in [2.75, 3.05) is 0 Å². The lowest BCUT2D eigenvalue weighted by molar-refractivity contribution is 0.433. The van der Waals surface area contributed by atoms with Gasteiger partial charge in [-0.1, -0.05) is 146 Å². The minimum atomic E-state index is -0.611. The highest BCUT2D eigenvalue weighted by molar-refractivity contribution is 6.11. The number of ether oxygens (including phenoxy) is 1. The Labute approximate surface area is 300 Å². The highest BCUT2D eigenvalue weighted by Crippen LogP contribution is 2.64. The van der Waals surface area contributed by atoms with Gasteiger partial charge in [-0.3, -0.25) is 0 Å². The number of para-hydroxylation sites is 6. The maximum atomic E-state index is 7.56. The fourth-order valence-corrected chi connectivity index (χ4v) is 9.63. The summed E-state index contributed by atoms with van der Waals surface area (Å²) in [5, 5.41) is 4.90. The Hall–Kier alpha value is -6.84. The largest absolute Gasteiger partial charge is 0.452 e. The van der Waals surface area contributed by atoms with Crippen molar-refractivity contribution in [1.82, 2.24) is 9.13 Å². The van der Waals surface area contributed by atoms with Gasteiger partial charge in [0.2, 0.25) is 0 Å². The molecule has 0 N–H and O–H groups in total. The molecule has 0 unspecified atom stereocenters. The van der Waals surface area contributed by atoms with E-state index in [1.54, 1.807) is 0 Å². The Kier molecular flexibility index (Phi) is 5.43. The van der Waals surface area contributed by atoms with Gasteiger partial charge < -0.3 is 13.9 Å². The van der Waals surface area contributed by atoms with Crippen LogP contribution in [0.1, 0.15) is 22.3 Å². The molecule has 0 saturated heterocycles. The Morgan fingerprint density at radius 3 is 1.04 bits per heavy atom. The Morgan fingerprint density at radius 2 is 0.635 bits per heavy atom. The summed E-state index contributed by atoms with van der Waals surface area (Å²) < 4.78 is 12.4. The molecular weight excluding hydrogens is 633 g/mol. The first kappa shape index (κ1) is 27.9. The van der Waals surface area contributed by atoms with E-state index in [1.807, 2.05) is 0 Å². The summed E-state index contributed by atoms with van der Waals surface area (Å²) in [7, 11) is 0. The van der Waals surface area contributed by atoms with Crippen LogP contribution in [0.25, 0.3) is 66.1 Å². The number of aromatic nitrogens is 2. The van der Waals surface area contributed by atoms with Crippen LogP contribution in [0, 0.1) is 0 Å². The molecular formula is C49H30N2O. The normalized spacial score (nSPS) is 13.7. The van der Waals surface area contributed by atoms with Gasteiger partial charge in [0.15, 0.2) is 11.5 Å².